The Kier molecular flexibility index (Phi) is 5.03. The topological polar surface area (TPSA) is 39.2 Å². The molecule has 0 N–H and O–H groups in total. The molecule has 1 aromatic heterocycles. The molecular weight excluding hydrogens is 418 g/mol. The summed E-state index contributed by atoms with van der Waals surface area (Å²) < 4.78 is 7.02. The largest absolute Gasteiger partial charge is 0.401 e. The molecule has 31 heavy (non-hydrogen) atoms. The average Bonchev–Trinajstić information content (AvgIpc) is 3.15. The van der Waals surface area contributed by atoms with Crippen molar-refractivity contribution >= 4 is 35.8 Å². The molecule has 2 saturated carbocycles. The molecule has 2 atom stereocenters. The number of carbonyl (C=O) groups is 1. The standard InChI is InChI=1S/C26H29NO2SSi/c1-25(2,3)31(19-10-6-4-7-11-19,20-12-8-5-9-13-20)29-18-24-27-17-23(30-24)26-15-14-22(28)21(26)16-26/h4-13,17,21H,14-16,18H2,1-3H3. The number of aromatic nitrogens is 1. The third-order valence-electron chi connectivity index (χ3n) is 7.15. The van der Waals surface area contributed by atoms with Crippen molar-refractivity contribution in [3.05, 3.63) is 76.7 Å². The van der Waals surface area contributed by atoms with Gasteiger partial charge in [0, 0.05) is 28.8 Å². The number of hydrogen-bond donors (Lipinski definition) is 0. The van der Waals surface area contributed by atoms with Crippen LogP contribution in [0.15, 0.2) is 66.9 Å². The summed E-state index contributed by atoms with van der Waals surface area (Å²) in [7, 11) is -2.56. The number of rotatable bonds is 6. The number of benzene rings is 2. The summed E-state index contributed by atoms with van der Waals surface area (Å²) in [5, 5.41) is 3.54. The molecule has 2 aliphatic rings. The van der Waals surface area contributed by atoms with E-state index < -0.39 is 8.32 Å². The second-order valence-electron chi connectivity index (χ2n) is 9.95. The molecule has 2 aromatic carbocycles. The zero-order chi connectivity index (χ0) is 21.7. The molecule has 2 aliphatic carbocycles. The van der Waals surface area contributed by atoms with Crippen molar-refractivity contribution in [3.63, 3.8) is 0 Å². The van der Waals surface area contributed by atoms with E-state index in [9.17, 15) is 4.79 Å². The first-order valence-corrected chi connectivity index (χ1v) is 13.8. The Hall–Kier alpha value is -2.08. The van der Waals surface area contributed by atoms with Crippen molar-refractivity contribution < 1.29 is 9.22 Å². The van der Waals surface area contributed by atoms with Gasteiger partial charge in [0.05, 0.1) is 6.61 Å². The van der Waals surface area contributed by atoms with E-state index in [4.69, 9.17) is 9.41 Å². The van der Waals surface area contributed by atoms with Gasteiger partial charge in [-0.3, -0.25) is 4.79 Å². The highest BCUT2D eigenvalue weighted by Gasteiger charge is 2.63. The number of Topliss-reactive ketones (excluding diaryl/α,β-unsaturated/α-hetero) is 1. The summed E-state index contributed by atoms with van der Waals surface area (Å²) in [6.07, 6.45) is 4.75. The van der Waals surface area contributed by atoms with Gasteiger partial charge in [0.2, 0.25) is 0 Å². The first-order chi connectivity index (χ1) is 14.9. The van der Waals surface area contributed by atoms with Gasteiger partial charge in [0.1, 0.15) is 10.8 Å². The summed E-state index contributed by atoms with van der Waals surface area (Å²) in [4.78, 5) is 18.1. The highest BCUT2D eigenvalue weighted by molar-refractivity contribution is 7.11. The first kappa shape index (κ1) is 20.8. The van der Waals surface area contributed by atoms with Crippen LogP contribution in [0.2, 0.25) is 5.04 Å². The van der Waals surface area contributed by atoms with Crippen LogP contribution in [-0.4, -0.2) is 19.1 Å². The molecular formula is C26H29NO2SSi. The third-order valence-corrected chi connectivity index (χ3v) is 13.3. The third kappa shape index (κ3) is 3.34. The lowest BCUT2D eigenvalue weighted by molar-refractivity contribution is -0.119. The lowest BCUT2D eigenvalue weighted by Gasteiger charge is -2.42. The predicted octanol–water partition coefficient (Wildman–Crippen LogP) is 4.84. The summed E-state index contributed by atoms with van der Waals surface area (Å²) >= 11 is 1.75. The van der Waals surface area contributed by atoms with Gasteiger partial charge in [-0.05, 0) is 28.3 Å². The Labute approximate surface area is 189 Å². The lowest BCUT2D eigenvalue weighted by Crippen LogP contribution is -2.66. The first-order valence-electron chi connectivity index (χ1n) is 11.1. The molecule has 0 saturated heterocycles. The summed E-state index contributed by atoms with van der Waals surface area (Å²) in [5.74, 6) is 0.692. The lowest BCUT2D eigenvalue weighted by atomic mass is 10.0. The summed E-state index contributed by atoms with van der Waals surface area (Å²) in [5.41, 5.74) is 0.102. The zero-order valence-corrected chi connectivity index (χ0v) is 20.2. The van der Waals surface area contributed by atoms with Crippen molar-refractivity contribution in [2.75, 3.05) is 0 Å². The second kappa shape index (κ2) is 7.50. The average molecular weight is 448 g/mol. The van der Waals surface area contributed by atoms with E-state index >= 15 is 0 Å². The van der Waals surface area contributed by atoms with E-state index in [1.807, 2.05) is 6.20 Å². The Morgan fingerprint density at radius 2 is 1.68 bits per heavy atom. The van der Waals surface area contributed by atoms with Gasteiger partial charge < -0.3 is 4.43 Å². The molecule has 0 spiro atoms. The fourth-order valence-electron chi connectivity index (χ4n) is 5.46. The number of thiazole rings is 1. The molecule has 3 aromatic rings. The van der Waals surface area contributed by atoms with Crippen molar-refractivity contribution in [1.29, 1.82) is 0 Å². The summed E-state index contributed by atoms with van der Waals surface area (Å²) in [6.45, 7) is 7.39. The summed E-state index contributed by atoms with van der Waals surface area (Å²) in [6, 6.07) is 21.5. The van der Waals surface area contributed by atoms with E-state index in [0.29, 0.717) is 12.4 Å². The maximum absolute atomic E-state index is 12.0. The van der Waals surface area contributed by atoms with Gasteiger partial charge >= 0.3 is 0 Å². The zero-order valence-electron chi connectivity index (χ0n) is 18.4. The minimum absolute atomic E-state index is 0.0477. The fraction of sp³-hybridized carbons (Fsp3) is 0.385. The quantitative estimate of drug-likeness (QED) is 0.508. The highest BCUT2D eigenvalue weighted by atomic mass is 32.1. The van der Waals surface area contributed by atoms with Gasteiger partial charge in [-0.1, -0.05) is 81.4 Å². The maximum atomic E-state index is 12.0. The van der Waals surface area contributed by atoms with Crippen LogP contribution in [0.1, 0.15) is 49.9 Å². The predicted molar refractivity (Wildman–Crippen MR) is 129 cm³/mol. The fourth-order valence-corrected chi connectivity index (χ4v) is 11.2. The van der Waals surface area contributed by atoms with Gasteiger partial charge in [-0.2, -0.15) is 0 Å². The Balaban J connectivity index is 1.48. The monoisotopic (exact) mass is 447 g/mol. The Morgan fingerprint density at radius 1 is 1.06 bits per heavy atom. The minimum atomic E-state index is -2.56. The van der Waals surface area contributed by atoms with E-state index in [1.165, 1.54) is 15.3 Å². The second-order valence-corrected chi connectivity index (χ2v) is 15.4. The van der Waals surface area contributed by atoms with Crippen molar-refractivity contribution in [2.24, 2.45) is 5.92 Å². The van der Waals surface area contributed by atoms with Gasteiger partial charge in [-0.15, -0.1) is 11.3 Å². The number of hydrogen-bond acceptors (Lipinski definition) is 4. The van der Waals surface area contributed by atoms with E-state index in [1.54, 1.807) is 11.3 Å². The minimum Gasteiger partial charge on any atom is -0.401 e. The molecule has 3 nitrogen and oxygen atoms in total. The van der Waals surface area contributed by atoms with E-state index in [-0.39, 0.29) is 16.4 Å². The number of carbonyl (C=O) groups excluding carboxylic acids is 1. The van der Waals surface area contributed by atoms with Crippen molar-refractivity contribution in [3.8, 4) is 0 Å². The number of ketones is 1. The van der Waals surface area contributed by atoms with Crippen molar-refractivity contribution in [1.82, 2.24) is 4.98 Å². The van der Waals surface area contributed by atoms with E-state index in [2.05, 4.69) is 81.4 Å². The van der Waals surface area contributed by atoms with Crippen LogP contribution in [-0.2, 0) is 21.2 Å². The molecule has 0 amide bonds. The SMILES string of the molecule is CC(C)(C)[Si](OCc1ncc(C23CCC(=O)C2C3)s1)(c1ccccc1)c1ccccc1. The highest BCUT2D eigenvalue weighted by Crippen LogP contribution is 2.63. The Bertz CT molecular complexity index is 1050. The van der Waals surface area contributed by atoms with Crippen molar-refractivity contribution in [2.45, 2.75) is 57.1 Å². The molecule has 160 valence electrons. The smallest absolute Gasteiger partial charge is 0.261 e. The van der Waals surface area contributed by atoms with Gasteiger partial charge in [0.25, 0.3) is 8.32 Å². The molecule has 2 fully saturated rings. The molecule has 0 radical (unpaired) electrons. The molecule has 1 heterocycles. The molecule has 5 heteroatoms. The number of nitrogens with zero attached hydrogens (tertiary/aromatic N) is 1. The Morgan fingerprint density at radius 3 is 2.16 bits per heavy atom. The van der Waals surface area contributed by atoms with E-state index in [0.717, 1.165) is 24.3 Å². The molecule has 5 rings (SSSR count). The van der Waals surface area contributed by atoms with Crippen LogP contribution in [0, 0.1) is 5.92 Å². The van der Waals surface area contributed by atoms with Gasteiger partial charge in [0.15, 0.2) is 0 Å². The molecule has 0 bridgehead atoms. The normalized spacial score (nSPS) is 23.1. The molecule has 0 aliphatic heterocycles. The van der Waals surface area contributed by atoms with Crippen LogP contribution >= 0.6 is 11.3 Å². The van der Waals surface area contributed by atoms with Crippen LogP contribution < -0.4 is 10.4 Å². The maximum Gasteiger partial charge on any atom is 0.261 e. The van der Waals surface area contributed by atoms with Crippen LogP contribution in [0.3, 0.4) is 0 Å². The van der Waals surface area contributed by atoms with Crippen LogP contribution in [0.25, 0.3) is 0 Å². The van der Waals surface area contributed by atoms with Crippen LogP contribution in [0.5, 0.6) is 0 Å². The molecule has 2 unspecified atom stereocenters. The number of fused-ring (bicyclic) bond motifs is 1. The van der Waals surface area contributed by atoms with Crippen LogP contribution in [0.4, 0.5) is 0 Å². The van der Waals surface area contributed by atoms with Gasteiger partial charge in [-0.25, -0.2) is 4.98 Å².